The van der Waals surface area contributed by atoms with Gasteiger partial charge in [0.1, 0.15) is 5.52 Å². The molecule has 0 aliphatic heterocycles. The van der Waals surface area contributed by atoms with Crippen molar-refractivity contribution >= 4 is 22.9 Å². The molecular formula is C17H17N5O3. The minimum Gasteiger partial charge on any atom is -0.504 e. The van der Waals surface area contributed by atoms with Crippen LogP contribution in [0.2, 0.25) is 0 Å². The molecule has 2 heterocycles. The molecule has 3 aromatic rings. The SMILES string of the molecule is CCNC(=O)Nc1cnc2ncc(-c3ccc(OC)c(O)c3)nc2c1. The second-order valence-electron chi connectivity index (χ2n) is 5.19. The van der Waals surface area contributed by atoms with Gasteiger partial charge in [0.25, 0.3) is 0 Å². The summed E-state index contributed by atoms with van der Waals surface area (Å²) < 4.78 is 5.04. The quantitative estimate of drug-likeness (QED) is 0.674. The maximum absolute atomic E-state index is 11.6. The molecule has 0 radical (unpaired) electrons. The molecule has 0 atom stereocenters. The zero-order valence-corrected chi connectivity index (χ0v) is 13.8. The number of phenolic OH excluding ortho intramolecular Hbond substituents is 1. The van der Waals surface area contributed by atoms with E-state index in [4.69, 9.17) is 4.74 Å². The summed E-state index contributed by atoms with van der Waals surface area (Å²) in [6.45, 7) is 2.36. The molecule has 0 bridgehead atoms. The number of benzene rings is 1. The van der Waals surface area contributed by atoms with Crippen LogP contribution in [0, 0.1) is 0 Å². The molecule has 0 aliphatic carbocycles. The highest BCUT2D eigenvalue weighted by Gasteiger charge is 2.09. The number of phenols is 1. The van der Waals surface area contributed by atoms with Gasteiger partial charge in [-0.3, -0.25) is 0 Å². The smallest absolute Gasteiger partial charge is 0.319 e. The van der Waals surface area contributed by atoms with Crippen LogP contribution in [0.25, 0.3) is 22.4 Å². The predicted octanol–water partition coefficient (Wildman–Crippen LogP) is 2.55. The van der Waals surface area contributed by atoms with Gasteiger partial charge in [-0.05, 0) is 31.2 Å². The van der Waals surface area contributed by atoms with Crippen molar-refractivity contribution in [3.63, 3.8) is 0 Å². The van der Waals surface area contributed by atoms with Gasteiger partial charge >= 0.3 is 6.03 Å². The number of anilines is 1. The van der Waals surface area contributed by atoms with Crippen molar-refractivity contribution < 1.29 is 14.6 Å². The Labute approximate surface area is 143 Å². The third-order valence-corrected chi connectivity index (χ3v) is 3.47. The molecular weight excluding hydrogens is 322 g/mol. The third kappa shape index (κ3) is 3.57. The van der Waals surface area contributed by atoms with Crippen LogP contribution >= 0.6 is 0 Å². The Morgan fingerprint density at radius 3 is 2.76 bits per heavy atom. The third-order valence-electron chi connectivity index (χ3n) is 3.47. The van der Waals surface area contributed by atoms with Crippen LogP contribution in [-0.2, 0) is 0 Å². The molecule has 8 heteroatoms. The number of nitrogens with one attached hydrogen (secondary N) is 2. The highest BCUT2D eigenvalue weighted by atomic mass is 16.5. The number of methoxy groups -OCH3 is 1. The lowest BCUT2D eigenvalue weighted by Gasteiger charge is -2.08. The first-order valence-corrected chi connectivity index (χ1v) is 7.65. The number of ether oxygens (including phenoxy) is 1. The number of urea groups is 1. The molecule has 2 amide bonds. The maximum atomic E-state index is 11.6. The Morgan fingerprint density at radius 1 is 1.24 bits per heavy atom. The zero-order chi connectivity index (χ0) is 17.8. The second-order valence-corrected chi connectivity index (χ2v) is 5.19. The lowest BCUT2D eigenvalue weighted by atomic mass is 10.1. The number of fused-ring (bicyclic) bond motifs is 1. The Kier molecular flexibility index (Phi) is 4.60. The average molecular weight is 339 g/mol. The minimum atomic E-state index is -0.312. The first-order chi connectivity index (χ1) is 12.1. The van der Waals surface area contributed by atoms with Gasteiger partial charge in [-0.15, -0.1) is 0 Å². The summed E-state index contributed by atoms with van der Waals surface area (Å²) in [6.07, 6.45) is 3.10. The highest BCUT2D eigenvalue weighted by Crippen LogP contribution is 2.30. The molecule has 25 heavy (non-hydrogen) atoms. The summed E-state index contributed by atoms with van der Waals surface area (Å²) in [7, 11) is 1.49. The van der Waals surface area contributed by atoms with Gasteiger partial charge < -0.3 is 20.5 Å². The van der Waals surface area contributed by atoms with Crippen LogP contribution in [0.4, 0.5) is 10.5 Å². The van der Waals surface area contributed by atoms with E-state index in [1.807, 2.05) is 6.92 Å². The molecule has 128 valence electrons. The van der Waals surface area contributed by atoms with Crippen molar-refractivity contribution in [1.82, 2.24) is 20.3 Å². The van der Waals surface area contributed by atoms with Gasteiger partial charge in [0.15, 0.2) is 17.1 Å². The number of nitrogens with zero attached hydrogens (tertiary/aromatic N) is 3. The van der Waals surface area contributed by atoms with Crippen LogP contribution in [-0.4, -0.2) is 39.7 Å². The van der Waals surface area contributed by atoms with Crippen molar-refractivity contribution in [1.29, 1.82) is 0 Å². The summed E-state index contributed by atoms with van der Waals surface area (Å²) in [4.78, 5) is 24.6. The fourth-order valence-corrected chi connectivity index (χ4v) is 2.30. The van der Waals surface area contributed by atoms with Crippen LogP contribution < -0.4 is 15.4 Å². The molecule has 0 aliphatic rings. The van der Waals surface area contributed by atoms with Gasteiger partial charge in [0.05, 0.1) is 30.9 Å². The number of rotatable bonds is 4. The normalized spacial score (nSPS) is 10.5. The molecule has 0 saturated heterocycles. The van der Waals surface area contributed by atoms with Gasteiger partial charge in [-0.2, -0.15) is 0 Å². The second kappa shape index (κ2) is 7.00. The lowest BCUT2D eigenvalue weighted by molar-refractivity contribution is 0.252. The highest BCUT2D eigenvalue weighted by molar-refractivity contribution is 5.91. The number of hydrogen-bond acceptors (Lipinski definition) is 6. The Hall–Kier alpha value is -3.42. The van der Waals surface area contributed by atoms with Crippen molar-refractivity contribution in [2.24, 2.45) is 0 Å². The standard InChI is InChI=1S/C17H17N5O3/c1-3-18-17(24)21-11-7-12-16(19-8-11)20-9-13(22-12)10-4-5-15(25-2)14(23)6-10/h4-9,23H,3H2,1-2H3,(H2,18,21,24). The van der Waals surface area contributed by atoms with E-state index in [1.165, 1.54) is 13.3 Å². The fourth-order valence-electron chi connectivity index (χ4n) is 2.30. The molecule has 1 aromatic carbocycles. The molecule has 3 rings (SSSR count). The summed E-state index contributed by atoms with van der Waals surface area (Å²) >= 11 is 0. The van der Waals surface area contributed by atoms with Crippen molar-refractivity contribution in [3.05, 3.63) is 36.7 Å². The Bertz CT molecular complexity index is 929. The fraction of sp³-hybridized carbons (Fsp3) is 0.176. The monoisotopic (exact) mass is 339 g/mol. The van der Waals surface area contributed by atoms with E-state index >= 15 is 0 Å². The number of amides is 2. The van der Waals surface area contributed by atoms with E-state index in [-0.39, 0.29) is 11.8 Å². The van der Waals surface area contributed by atoms with Crippen LogP contribution in [0.5, 0.6) is 11.5 Å². The molecule has 2 aromatic heterocycles. The maximum Gasteiger partial charge on any atom is 0.319 e. The number of aromatic nitrogens is 3. The number of carbonyl (C=O) groups excluding carboxylic acids is 1. The molecule has 0 saturated carbocycles. The first kappa shape index (κ1) is 16.4. The summed E-state index contributed by atoms with van der Waals surface area (Å²) in [5.74, 6) is 0.402. The Balaban J connectivity index is 1.95. The van der Waals surface area contributed by atoms with E-state index in [1.54, 1.807) is 30.5 Å². The summed E-state index contributed by atoms with van der Waals surface area (Å²) in [5, 5.41) is 15.2. The van der Waals surface area contributed by atoms with Crippen molar-refractivity contribution in [3.8, 4) is 22.8 Å². The molecule has 0 unspecified atom stereocenters. The van der Waals surface area contributed by atoms with E-state index in [2.05, 4.69) is 25.6 Å². The predicted molar refractivity (Wildman–Crippen MR) is 93.7 cm³/mol. The number of pyridine rings is 1. The number of carbonyl (C=O) groups is 1. The summed E-state index contributed by atoms with van der Waals surface area (Å²) in [6, 6.07) is 6.37. The van der Waals surface area contributed by atoms with Crippen LogP contribution in [0.3, 0.4) is 0 Å². The van der Waals surface area contributed by atoms with Crippen LogP contribution in [0.15, 0.2) is 36.7 Å². The summed E-state index contributed by atoms with van der Waals surface area (Å²) in [5.41, 5.74) is 2.77. The number of aromatic hydroxyl groups is 1. The van der Waals surface area contributed by atoms with Crippen molar-refractivity contribution in [2.45, 2.75) is 6.92 Å². The average Bonchev–Trinajstić information content (AvgIpc) is 2.61. The van der Waals surface area contributed by atoms with Gasteiger partial charge in [0.2, 0.25) is 0 Å². The van der Waals surface area contributed by atoms with Crippen LogP contribution in [0.1, 0.15) is 6.92 Å². The van der Waals surface area contributed by atoms with E-state index in [0.717, 1.165) is 0 Å². The largest absolute Gasteiger partial charge is 0.504 e. The first-order valence-electron chi connectivity index (χ1n) is 7.65. The van der Waals surface area contributed by atoms with Gasteiger partial charge in [0, 0.05) is 12.1 Å². The lowest BCUT2D eigenvalue weighted by Crippen LogP contribution is -2.28. The van der Waals surface area contributed by atoms with E-state index in [9.17, 15) is 9.90 Å². The molecule has 0 spiro atoms. The molecule has 0 fully saturated rings. The zero-order valence-electron chi connectivity index (χ0n) is 13.8. The number of hydrogen-bond donors (Lipinski definition) is 3. The van der Waals surface area contributed by atoms with E-state index in [0.29, 0.717) is 40.4 Å². The van der Waals surface area contributed by atoms with Crippen molar-refractivity contribution in [2.75, 3.05) is 19.0 Å². The van der Waals surface area contributed by atoms with Gasteiger partial charge in [-0.1, -0.05) is 0 Å². The Morgan fingerprint density at radius 2 is 2.04 bits per heavy atom. The molecule has 8 nitrogen and oxygen atoms in total. The molecule has 3 N–H and O–H groups in total. The van der Waals surface area contributed by atoms with Gasteiger partial charge in [-0.25, -0.2) is 19.7 Å². The topological polar surface area (TPSA) is 109 Å². The minimum absolute atomic E-state index is 0.0201. The van der Waals surface area contributed by atoms with E-state index < -0.39 is 0 Å².